The molecule has 0 N–H and O–H groups in total. The van der Waals surface area contributed by atoms with Gasteiger partial charge in [-0.3, -0.25) is 0 Å². The van der Waals surface area contributed by atoms with Crippen LogP contribution in [0.3, 0.4) is 0 Å². The van der Waals surface area contributed by atoms with E-state index in [2.05, 4.69) is 120 Å². The molecule has 0 radical (unpaired) electrons. The first-order valence-electron chi connectivity index (χ1n) is 34.0. The zero-order valence-corrected chi connectivity index (χ0v) is 52.0. The molecule has 0 fully saturated rings. The van der Waals surface area contributed by atoms with Crippen molar-refractivity contribution in [3.05, 3.63) is 85.0 Å². The van der Waals surface area contributed by atoms with Gasteiger partial charge in [0.05, 0.1) is 39.5 Å². The number of aryl methyl sites for hydroxylation is 2. The highest BCUT2D eigenvalue weighted by molar-refractivity contribution is 5.43. The van der Waals surface area contributed by atoms with Gasteiger partial charge < -0.3 is 18.9 Å². The fourth-order valence-corrected chi connectivity index (χ4v) is 11.0. The van der Waals surface area contributed by atoms with Crippen molar-refractivity contribution in [3.8, 4) is 23.0 Å². The summed E-state index contributed by atoms with van der Waals surface area (Å²) in [5.74, 6) is 3.59. The maximum Gasteiger partial charge on any atom is 0.244 e. The molecule has 4 rings (SSSR count). The molecule has 448 valence electrons. The minimum atomic E-state index is 0.747. The Morgan fingerprint density at radius 3 is 0.823 bits per heavy atom. The Morgan fingerprint density at radius 2 is 0.544 bits per heavy atom. The van der Waals surface area contributed by atoms with Crippen LogP contribution >= 0.6 is 0 Å². The molecular formula is C71H122N4O4+2. The van der Waals surface area contributed by atoms with Gasteiger partial charge in [0.25, 0.3) is 0 Å². The largest absolute Gasteiger partial charge is 0.490 e. The highest BCUT2D eigenvalue weighted by atomic mass is 16.5. The lowest BCUT2D eigenvalue weighted by Gasteiger charge is -2.14. The second kappa shape index (κ2) is 47.7. The molecule has 2 aromatic heterocycles. The van der Waals surface area contributed by atoms with Crippen molar-refractivity contribution in [2.24, 2.45) is 0 Å². The quantitative estimate of drug-likeness (QED) is 0.0327. The van der Waals surface area contributed by atoms with Gasteiger partial charge in [0, 0.05) is 6.42 Å². The maximum absolute atomic E-state index is 6.51. The van der Waals surface area contributed by atoms with Gasteiger partial charge in [0.1, 0.15) is 37.9 Å². The van der Waals surface area contributed by atoms with Gasteiger partial charge >= 0.3 is 0 Å². The zero-order chi connectivity index (χ0) is 55.7. The summed E-state index contributed by atoms with van der Waals surface area (Å²) in [7, 11) is 0. The van der Waals surface area contributed by atoms with Crippen molar-refractivity contribution in [1.82, 2.24) is 9.13 Å². The van der Waals surface area contributed by atoms with Crippen LogP contribution < -0.4 is 28.1 Å². The number of hydrogen-bond acceptors (Lipinski definition) is 4. The predicted octanol–water partition coefficient (Wildman–Crippen LogP) is 20.3. The second-order valence-corrected chi connectivity index (χ2v) is 23.7. The van der Waals surface area contributed by atoms with E-state index >= 15 is 0 Å². The lowest BCUT2D eigenvalue weighted by atomic mass is 10.1. The third-order valence-corrected chi connectivity index (χ3v) is 16.1. The van der Waals surface area contributed by atoms with Crippen molar-refractivity contribution in [2.45, 2.75) is 317 Å². The van der Waals surface area contributed by atoms with E-state index in [9.17, 15) is 0 Å². The van der Waals surface area contributed by atoms with Crippen LogP contribution in [-0.4, -0.2) is 35.6 Å². The van der Waals surface area contributed by atoms with Crippen LogP contribution in [-0.2, 0) is 26.2 Å². The highest BCUT2D eigenvalue weighted by Crippen LogP contribution is 2.31. The third-order valence-electron chi connectivity index (χ3n) is 16.1. The van der Waals surface area contributed by atoms with E-state index in [0.717, 1.165) is 108 Å². The normalized spacial score (nSPS) is 11.5. The van der Waals surface area contributed by atoms with Crippen LogP contribution in [0.1, 0.15) is 302 Å². The van der Waals surface area contributed by atoms with E-state index in [1.807, 2.05) is 0 Å². The van der Waals surface area contributed by atoms with Crippen molar-refractivity contribution in [3.63, 3.8) is 0 Å². The molecule has 0 spiro atoms. The van der Waals surface area contributed by atoms with E-state index in [1.54, 1.807) is 0 Å². The molecule has 0 bridgehead atoms. The molecule has 0 amide bonds. The smallest absolute Gasteiger partial charge is 0.244 e. The van der Waals surface area contributed by atoms with Gasteiger partial charge in [-0.25, -0.2) is 18.3 Å². The topological polar surface area (TPSA) is 54.5 Å². The van der Waals surface area contributed by atoms with E-state index in [4.69, 9.17) is 18.9 Å². The SMILES string of the molecule is CCCCCCCCCCCCOc1ccc(C[n+]2ccn(CCCn3cc[n+](Cc4ccc(OCCCCCCCCCCCC)c(OCCCCCCCCCCCC)c4)c3)c2)cc1OCCCCCCCCCCCC. The molecule has 0 saturated heterocycles. The molecule has 0 aliphatic rings. The van der Waals surface area contributed by atoms with E-state index in [0.29, 0.717) is 0 Å². The van der Waals surface area contributed by atoms with Crippen molar-refractivity contribution < 1.29 is 28.1 Å². The van der Waals surface area contributed by atoms with E-state index in [1.165, 1.54) is 242 Å². The Labute approximate surface area is 486 Å². The van der Waals surface area contributed by atoms with Gasteiger partial charge in [-0.15, -0.1) is 0 Å². The molecule has 79 heavy (non-hydrogen) atoms. The number of benzene rings is 2. The molecule has 2 heterocycles. The van der Waals surface area contributed by atoms with Gasteiger partial charge in [-0.2, -0.15) is 0 Å². The standard InChI is InChI=1S/C71H122N4O4/c1-5-9-13-17-21-25-29-33-37-41-56-76-68-48-46-66(60-70(68)78-58-43-39-35-31-27-23-19-15-11-7-3)62-74-54-52-72(64-74)50-45-51-73-53-55-75(65-73)63-67-47-49-69(77-57-42-38-34-30-26-22-18-14-10-6-2)71(61-67)79-59-44-40-36-32-28-24-20-16-12-8-4/h46-49,52-55,60-61,64-65H,5-45,50-51,56-59,62-63H2,1-4H3/q+2. The molecule has 0 unspecified atom stereocenters. The van der Waals surface area contributed by atoms with Crippen LogP contribution in [0.15, 0.2) is 73.8 Å². The Morgan fingerprint density at radius 1 is 0.291 bits per heavy atom. The molecule has 4 aromatic rings. The summed E-state index contributed by atoms with van der Waals surface area (Å²) in [6.45, 7) is 15.7. The molecule has 0 saturated carbocycles. The Hall–Kier alpha value is -3.94. The molecular weight excluding hydrogens is 973 g/mol. The Balaban J connectivity index is 1.23. The van der Waals surface area contributed by atoms with Gasteiger partial charge in [-0.1, -0.05) is 271 Å². The van der Waals surface area contributed by atoms with Crippen LogP contribution in [0.2, 0.25) is 0 Å². The average Bonchev–Trinajstić information content (AvgIpc) is 4.14. The fraction of sp³-hybridized carbons (Fsp3) is 0.746. The lowest BCUT2D eigenvalue weighted by molar-refractivity contribution is -0.687. The Kier molecular flexibility index (Phi) is 40.8. The number of nitrogens with zero attached hydrogens (tertiary/aromatic N) is 4. The number of aromatic nitrogens is 4. The summed E-state index contributed by atoms with van der Waals surface area (Å²) >= 11 is 0. The molecule has 0 atom stereocenters. The van der Waals surface area contributed by atoms with Gasteiger partial charge in [-0.05, 0) is 61.1 Å². The Bertz CT molecular complexity index is 1850. The van der Waals surface area contributed by atoms with Gasteiger partial charge in [0.15, 0.2) is 23.0 Å². The highest BCUT2D eigenvalue weighted by Gasteiger charge is 2.14. The second-order valence-electron chi connectivity index (χ2n) is 23.7. The number of unbranched alkanes of at least 4 members (excludes halogenated alkanes) is 36. The third kappa shape index (κ3) is 34.2. The minimum Gasteiger partial charge on any atom is -0.490 e. The number of ether oxygens (including phenoxy) is 4. The van der Waals surface area contributed by atoms with Crippen molar-refractivity contribution in [1.29, 1.82) is 0 Å². The first-order valence-corrected chi connectivity index (χ1v) is 34.0. The zero-order valence-electron chi connectivity index (χ0n) is 52.0. The molecule has 8 heteroatoms. The van der Waals surface area contributed by atoms with E-state index in [-0.39, 0.29) is 0 Å². The number of hydrogen-bond donors (Lipinski definition) is 0. The molecule has 0 aliphatic heterocycles. The first-order chi connectivity index (χ1) is 39.1. The maximum atomic E-state index is 6.51. The molecule has 2 aromatic carbocycles. The lowest BCUT2D eigenvalue weighted by Crippen LogP contribution is -2.31. The van der Waals surface area contributed by atoms with Crippen molar-refractivity contribution in [2.75, 3.05) is 26.4 Å². The summed E-state index contributed by atoms with van der Waals surface area (Å²) in [5, 5.41) is 0. The van der Waals surface area contributed by atoms with E-state index < -0.39 is 0 Å². The summed E-state index contributed by atoms with van der Waals surface area (Å²) in [6, 6.07) is 13.2. The number of imidazole rings is 2. The summed E-state index contributed by atoms with van der Waals surface area (Å²) in [4.78, 5) is 0. The average molecular weight is 1100 g/mol. The monoisotopic (exact) mass is 1090 g/mol. The molecule has 0 aliphatic carbocycles. The van der Waals surface area contributed by atoms with Crippen LogP contribution in [0.5, 0.6) is 23.0 Å². The predicted molar refractivity (Wildman–Crippen MR) is 334 cm³/mol. The summed E-state index contributed by atoms with van der Waals surface area (Å²) in [6.07, 6.45) is 67.5. The number of rotatable bonds is 56. The fourth-order valence-electron chi connectivity index (χ4n) is 11.0. The minimum absolute atomic E-state index is 0.747. The van der Waals surface area contributed by atoms with Crippen LogP contribution in [0, 0.1) is 0 Å². The molecule has 8 nitrogen and oxygen atoms in total. The summed E-state index contributed by atoms with van der Waals surface area (Å²) < 4.78 is 35.1. The van der Waals surface area contributed by atoms with Crippen molar-refractivity contribution >= 4 is 0 Å². The van der Waals surface area contributed by atoms with Gasteiger partial charge in [0.2, 0.25) is 12.7 Å². The van der Waals surface area contributed by atoms with Crippen LogP contribution in [0.4, 0.5) is 0 Å². The van der Waals surface area contributed by atoms with Crippen LogP contribution in [0.25, 0.3) is 0 Å². The first kappa shape index (κ1) is 67.6. The summed E-state index contributed by atoms with van der Waals surface area (Å²) in [5.41, 5.74) is 2.48.